The first-order valence-corrected chi connectivity index (χ1v) is 10.9. The van der Waals surface area contributed by atoms with Crippen molar-refractivity contribution in [2.45, 2.75) is 5.16 Å². The number of aromatic nitrogens is 3. The Kier molecular flexibility index (Phi) is 6.57. The number of amides is 1. The molecule has 12 heteroatoms. The summed E-state index contributed by atoms with van der Waals surface area (Å²) < 4.78 is 13.2. The molecule has 1 aliphatic heterocycles. The number of benzene rings is 2. The van der Waals surface area contributed by atoms with Crippen molar-refractivity contribution in [2.24, 2.45) is 5.10 Å². The number of nitrogen functional groups attached to an aromatic ring is 1. The van der Waals surface area contributed by atoms with Crippen molar-refractivity contribution in [1.82, 2.24) is 14.9 Å². The van der Waals surface area contributed by atoms with Crippen LogP contribution in [0.1, 0.15) is 5.56 Å². The van der Waals surface area contributed by atoms with Crippen molar-refractivity contribution in [3.05, 3.63) is 52.5 Å². The molecule has 2 aromatic carbocycles. The molecule has 1 aliphatic rings. The highest BCUT2D eigenvalue weighted by atomic mass is 79.9. The fraction of sp³-hybridized carbons (Fsp3) is 0.158. The van der Waals surface area contributed by atoms with Crippen LogP contribution in [0, 0.1) is 0 Å². The van der Waals surface area contributed by atoms with Crippen molar-refractivity contribution < 1.29 is 14.3 Å². The zero-order valence-corrected chi connectivity index (χ0v) is 18.5. The number of carbonyl (C=O) groups is 1. The van der Waals surface area contributed by atoms with Gasteiger partial charge in [-0.1, -0.05) is 39.8 Å². The minimum Gasteiger partial charge on any atom is -0.486 e. The van der Waals surface area contributed by atoms with Gasteiger partial charge < -0.3 is 20.6 Å². The van der Waals surface area contributed by atoms with E-state index in [1.54, 1.807) is 24.4 Å². The molecule has 0 fully saturated rings. The number of hydrazone groups is 1. The van der Waals surface area contributed by atoms with Gasteiger partial charge in [0.25, 0.3) is 5.95 Å². The number of nitrogens with zero attached hydrogens (tertiary/aromatic N) is 4. The minimum absolute atomic E-state index is 0.103. The van der Waals surface area contributed by atoms with E-state index in [2.05, 4.69) is 42.0 Å². The van der Waals surface area contributed by atoms with E-state index in [-0.39, 0.29) is 17.6 Å². The number of ether oxygens (including phenoxy) is 2. The van der Waals surface area contributed by atoms with Gasteiger partial charge in [0.2, 0.25) is 11.1 Å². The molecule has 0 atom stereocenters. The first-order chi connectivity index (χ1) is 15.1. The zero-order valence-electron chi connectivity index (χ0n) is 16.1. The summed E-state index contributed by atoms with van der Waals surface area (Å²) in [7, 11) is 0. The average Bonchev–Trinajstić information content (AvgIpc) is 3.13. The second-order valence-corrected chi connectivity index (χ2v) is 8.15. The maximum absolute atomic E-state index is 12.3. The van der Waals surface area contributed by atoms with Gasteiger partial charge >= 0.3 is 0 Å². The highest BCUT2D eigenvalue weighted by Gasteiger charge is 2.15. The molecule has 0 aliphatic carbocycles. The second-order valence-electron chi connectivity index (χ2n) is 6.29. The molecule has 0 radical (unpaired) electrons. The van der Waals surface area contributed by atoms with E-state index < -0.39 is 0 Å². The molecule has 0 unspecified atom stereocenters. The van der Waals surface area contributed by atoms with Gasteiger partial charge in [0, 0.05) is 16.2 Å². The summed E-state index contributed by atoms with van der Waals surface area (Å²) in [6.07, 6.45) is 1.63. The van der Waals surface area contributed by atoms with Crippen molar-refractivity contribution in [2.75, 3.05) is 35.6 Å². The van der Waals surface area contributed by atoms with Crippen molar-refractivity contribution in [3.63, 3.8) is 0 Å². The van der Waals surface area contributed by atoms with Gasteiger partial charge in [-0.15, -0.1) is 10.2 Å². The number of halogens is 1. The average molecular weight is 504 g/mol. The lowest BCUT2D eigenvalue weighted by Gasteiger charge is -2.18. The van der Waals surface area contributed by atoms with Crippen LogP contribution in [0.4, 0.5) is 11.6 Å². The summed E-state index contributed by atoms with van der Waals surface area (Å²) in [4.78, 5) is 12.3. The molecule has 0 bridgehead atoms. The minimum atomic E-state index is -0.215. The fourth-order valence-corrected chi connectivity index (χ4v) is 3.53. The number of rotatable bonds is 7. The molecule has 1 aromatic heterocycles. The molecule has 2 heterocycles. The third-order valence-electron chi connectivity index (χ3n) is 4.07. The Morgan fingerprint density at radius 3 is 2.77 bits per heavy atom. The highest BCUT2D eigenvalue weighted by Crippen LogP contribution is 2.32. The topological polar surface area (TPSA) is 129 Å². The largest absolute Gasteiger partial charge is 0.486 e. The summed E-state index contributed by atoms with van der Waals surface area (Å²) in [5.74, 6) is 7.40. The number of hydrogen-bond donors (Lipinski definition) is 3. The van der Waals surface area contributed by atoms with Gasteiger partial charge in [0.15, 0.2) is 11.5 Å². The van der Waals surface area contributed by atoms with Gasteiger partial charge in [-0.05, 0) is 29.8 Å². The third kappa shape index (κ3) is 5.47. The smallest absolute Gasteiger partial charge is 0.264 e. The van der Waals surface area contributed by atoms with Crippen LogP contribution in [0.25, 0.3) is 0 Å². The van der Waals surface area contributed by atoms with E-state index in [0.29, 0.717) is 35.6 Å². The third-order valence-corrected chi connectivity index (χ3v) is 5.54. The number of anilines is 2. The molecule has 4 N–H and O–H groups in total. The Labute approximate surface area is 190 Å². The molecule has 4 rings (SSSR count). The SMILES string of the molecule is Nn1c(N/N=C/c2ccc(Br)cc2)nnc1SCC(=O)Nc1ccc2c(c1)OCCO2. The second kappa shape index (κ2) is 9.71. The van der Waals surface area contributed by atoms with Crippen LogP contribution in [0.15, 0.2) is 57.2 Å². The van der Waals surface area contributed by atoms with E-state index >= 15 is 0 Å². The number of nitrogens with two attached hydrogens (primary N) is 1. The maximum atomic E-state index is 12.3. The molecular weight excluding hydrogens is 486 g/mol. The quantitative estimate of drug-likeness (QED) is 0.194. The summed E-state index contributed by atoms with van der Waals surface area (Å²) in [5.41, 5.74) is 4.26. The first-order valence-electron chi connectivity index (χ1n) is 9.16. The Morgan fingerprint density at radius 1 is 1.19 bits per heavy atom. The molecule has 0 saturated carbocycles. The van der Waals surface area contributed by atoms with E-state index in [1.807, 2.05) is 24.3 Å². The molecule has 10 nitrogen and oxygen atoms in total. The monoisotopic (exact) mass is 503 g/mol. The van der Waals surface area contributed by atoms with Gasteiger partial charge in [-0.2, -0.15) is 5.10 Å². The predicted octanol–water partition coefficient (Wildman–Crippen LogP) is 2.70. The molecule has 31 heavy (non-hydrogen) atoms. The first kappa shape index (κ1) is 21.0. The lowest BCUT2D eigenvalue weighted by Crippen LogP contribution is -2.18. The molecule has 3 aromatic rings. The lowest BCUT2D eigenvalue weighted by molar-refractivity contribution is -0.113. The van der Waals surface area contributed by atoms with Crippen LogP contribution in [-0.4, -0.2) is 46.0 Å². The standard InChI is InChI=1S/C19H18BrN7O3S/c20-13-3-1-12(2-4-13)10-22-24-18-25-26-19(27(18)21)31-11-17(28)23-14-5-6-15-16(9-14)30-8-7-29-15/h1-6,9-10H,7-8,11,21H2,(H,23,28)(H,24,25)/b22-10+. The Morgan fingerprint density at radius 2 is 1.97 bits per heavy atom. The summed E-state index contributed by atoms with van der Waals surface area (Å²) in [6, 6.07) is 12.9. The maximum Gasteiger partial charge on any atom is 0.264 e. The Hall–Kier alpha value is -3.25. The van der Waals surface area contributed by atoms with Crippen molar-refractivity contribution in [1.29, 1.82) is 0 Å². The molecule has 1 amide bonds. The van der Waals surface area contributed by atoms with Crippen LogP contribution in [-0.2, 0) is 4.79 Å². The van der Waals surface area contributed by atoms with Crippen molar-refractivity contribution in [3.8, 4) is 11.5 Å². The number of carbonyl (C=O) groups excluding carboxylic acids is 1. The van der Waals surface area contributed by atoms with E-state index in [1.165, 1.54) is 4.68 Å². The highest BCUT2D eigenvalue weighted by molar-refractivity contribution is 9.10. The van der Waals surface area contributed by atoms with Crippen LogP contribution in [0.2, 0.25) is 0 Å². The number of nitrogens with one attached hydrogen (secondary N) is 2. The van der Waals surface area contributed by atoms with Crippen molar-refractivity contribution >= 4 is 51.4 Å². The Balaban J connectivity index is 1.29. The number of hydrogen-bond acceptors (Lipinski definition) is 9. The van der Waals surface area contributed by atoms with E-state index in [4.69, 9.17) is 15.3 Å². The normalized spacial score (nSPS) is 12.7. The fourth-order valence-electron chi connectivity index (χ4n) is 2.61. The lowest BCUT2D eigenvalue weighted by atomic mass is 10.2. The molecule has 0 saturated heterocycles. The van der Waals surface area contributed by atoms with E-state index in [9.17, 15) is 4.79 Å². The van der Waals surface area contributed by atoms with Crippen LogP contribution in [0.3, 0.4) is 0 Å². The number of fused-ring (bicyclic) bond motifs is 1. The van der Waals surface area contributed by atoms with E-state index in [0.717, 1.165) is 21.8 Å². The van der Waals surface area contributed by atoms with Gasteiger partial charge in [0.05, 0.1) is 12.0 Å². The Bertz CT molecular complexity index is 1100. The van der Waals surface area contributed by atoms with Crippen LogP contribution < -0.4 is 26.1 Å². The summed E-state index contributed by atoms with van der Waals surface area (Å²) in [5, 5.41) is 15.2. The van der Waals surface area contributed by atoms with Gasteiger partial charge in [-0.25, -0.2) is 10.1 Å². The number of thioether (sulfide) groups is 1. The molecule has 160 valence electrons. The van der Waals surface area contributed by atoms with Crippen LogP contribution >= 0.6 is 27.7 Å². The van der Waals surface area contributed by atoms with Crippen LogP contribution in [0.5, 0.6) is 11.5 Å². The van der Waals surface area contributed by atoms with Gasteiger partial charge in [0.1, 0.15) is 13.2 Å². The zero-order chi connectivity index (χ0) is 21.6. The molecule has 0 spiro atoms. The molecular formula is C19H18BrN7O3S. The van der Waals surface area contributed by atoms with Gasteiger partial charge in [-0.3, -0.25) is 4.79 Å². The summed E-state index contributed by atoms with van der Waals surface area (Å²) in [6.45, 7) is 0.997. The summed E-state index contributed by atoms with van der Waals surface area (Å²) >= 11 is 4.54. The predicted molar refractivity (Wildman–Crippen MR) is 122 cm³/mol.